The molecule has 0 spiro atoms. The van der Waals surface area contributed by atoms with Crippen molar-refractivity contribution < 1.29 is 9.53 Å². The number of esters is 1. The molecular weight excluding hydrogens is 184 g/mol. The van der Waals surface area contributed by atoms with Crippen molar-refractivity contribution >= 4 is 5.97 Å². The molecule has 6 nitrogen and oxygen atoms in total. The molecule has 0 unspecified atom stereocenters. The van der Waals surface area contributed by atoms with Gasteiger partial charge in [0.2, 0.25) is 0 Å². The summed E-state index contributed by atoms with van der Waals surface area (Å²) in [6, 6.07) is 0. The zero-order valence-corrected chi connectivity index (χ0v) is 8.36. The van der Waals surface area contributed by atoms with Crippen molar-refractivity contribution in [3.63, 3.8) is 0 Å². The third-order valence-corrected chi connectivity index (χ3v) is 1.69. The fraction of sp³-hybridized carbons (Fsp3) is 0.625. The Kier molecular flexibility index (Phi) is 4.06. The van der Waals surface area contributed by atoms with Crippen LogP contribution in [0.4, 0.5) is 0 Å². The van der Waals surface area contributed by atoms with Gasteiger partial charge in [0, 0.05) is 26.3 Å². The summed E-state index contributed by atoms with van der Waals surface area (Å²) < 4.78 is 6.13. The first-order chi connectivity index (χ1) is 6.72. The summed E-state index contributed by atoms with van der Waals surface area (Å²) in [5, 5.41) is 10.7. The quantitative estimate of drug-likeness (QED) is 0.508. The second kappa shape index (κ2) is 5.33. The van der Waals surface area contributed by atoms with Gasteiger partial charge in [-0.2, -0.15) is 0 Å². The van der Waals surface area contributed by atoms with Gasteiger partial charge in [-0.1, -0.05) is 5.21 Å². The summed E-state index contributed by atoms with van der Waals surface area (Å²) in [4.78, 5) is 10.7. The van der Waals surface area contributed by atoms with Gasteiger partial charge >= 0.3 is 5.97 Å². The third kappa shape index (κ3) is 3.53. The Morgan fingerprint density at radius 3 is 3.07 bits per heavy atom. The molecule has 0 amide bonds. The van der Waals surface area contributed by atoms with Gasteiger partial charge in [0.25, 0.3) is 0 Å². The van der Waals surface area contributed by atoms with Gasteiger partial charge in [0.05, 0.1) is 19.2 Å². The van der Waals surface area contributed by atoms with E-state index in [-0.39, 0.29) is 5.97 Å². The zero-order chi connectivity index (χ0) is 10.4. The minimum Gasteiger partial charge on any atom is -0.469 e. The lowest BCUT2D eigenvalue weighted by atomic mass is 10.4. The van der Waals surface area contributed by atoms with Crippen LogP contribution in [0.5, 0.6) is 0 Å². The molecule has 0 atom stereocenters. The van der Waals surface area contributed by atoms with Crippen LogP contribution in [0.3, 0.4) is 0 Å². The van der Waals surface area contributed by atoms with Gasteiger partial charge in [0.1, 0.15) is 0 Å². The van der Waals surface area contributed by atoms with E-state index in [9.17, 15) is 4.79 Å². The predicted octanol–water partition coefficient (Wildman–Crippen LogP) is -0.532. The van der Waals surface area contributed by atoms with Crippen LogP contribution in [0.15, 0.2) is 6.20 Å². The summed E-state index contributed by atoms with van der Waals surface area (Å²) in [7, 11) is 3.19. The molecule has 0 aromatic carbocycles. The van der Waals surface area contributed by atoms with Gasteiger partial charge in [-0.15, -0.1) is 5.10 Å². The number of aryl methyl sites for hydroxylation is 1. The molecule has 0 bridgehead atoms. The molecule has 0 aliphatic rings. The minimum absolute atomic E-state index is 0.211. The monoisotopic (exact) mass is 198 g/mol. The van der Waals surface area contributed by atoms with E-state index >= 15 is 0 Å². The Labute approximate surface area is 82.2 Å². The molecule has 1 aromatic heterocycles. The highest BCUT2D eigenvalue weighted by Crippen LogP contribution is 1.90. The Hall–Kier alpha value is -1.43. The van der Waals surface area contributed by atoms with E-state index in [1.165, 1.54) is 7.11 Å². The number of carbonyl (C=O) groups is 1. The van der Waals surface area contributed by atoms with Gasteiger partial charge in [-0.05, 0) is 0 Å². The van der Waals surface area contributed by atoms with E-state index in [1.807, 2.05) is 13.2 Å². The number of hydrogen-bond acceptors (Lipinski definition) is 5. The Bertz CT molecular complexity index is 297. The SMILES string of the molecule is COC(=O)CCNCc1cn(C)nn1. The van der Waals surface area contributed by atoms with Crippen LogP contribution in [0.2, 0.25) is 0 Å². The van der Waals surface area contributed by atoms with Crippen LogP contribution in [0.25, 0.3) is 0 Å². The molecule has 0 saturated heterocycles. The average Bonchev–Trinajstić information content (AvgIpc) is 2.58. The molecule has 1 aromatic rings. The van der Waals surface area contributed by atoms with Crippen LogP contribution >= 0.6 is 0 Å². The van der Waals surface area contributed by atoms with E-state index in [4.69, 9.17) is 0 Å². The Morgan fingerprint density at radius 2 is 2.50 bits per heavy atom. The summed E-state index contributed by atoms with van der Waals surface area (Å²) in [5.74, 6) is -0.211. The van der Waals surface area contributed by atoms with Crippen molar-refractivity contribution in [3.8, 4) is 0 Å². The van der Waals surface area contributed by atoms with Crippen molar-refractivity contribution in [3.05, 3.63) is 11.9 Å². The second-order valence-electron chi connectivity index (χ2n) is 2.89. The summed E-state index contributed by atoms with van der Waals surface area (Å²) in [6.45, 7) is 1.20. The number of nitrogens with zero attached hydrogens (tertiary/aromatic N) is 3. The summed E-state index contributed by atoms with van der Waals surface area (Å²) in [5.41, 5.74) is 0.859. The largest absolute Gasteiger partial charge is 0.469 e. The molecule has 0 aliphatic heterocycles. The maximum Gasteiger partial charge on any atom is 0.306 e. The Morgan fingerprint density at radius 1 is 1.71 bits per heavy atom. The highest BCUT2D eigenvalue weighted by Gasteiger charge is 2.00. The third-order valence-electron chi connectivity index (χ3n) is 1.69. The Balaban J connectivity index is 2.13. The summed E-state index contributed by atoms with van der Waals surface area (Å²) in [6.07, 6.45) is 2.20. The fourth-order valence-electron chi connectivity index (χ4n) is 0.985. The first kappa shape index (κ1) is 10.6. The normalized spacial score (nSPS) is 10.1. The van der Waals surface area contributed by atoms with E-state index < -0.39 is 0 Å². The van der Waals surface area contributed by atoms with Crippen LogP contribution in [-0.2, 0) is 23.1 Å². The van der Waals surface area contributed by atoms with Crippen LogP contribution in [-0.4, -0.2) is 34.6 Å². The molecule has 0 fully saturated rings. The van der Waals surface area contributed by atoms with Crippen molar-refractivity contribution in [2.45, 2.75) is 13.0 Å². The molecule has 14 heavy (non-hydrogen) atoms. The zero-order valence-electron chi connectivity index (χ0n) is 8.36. The second-order valence-corrected chi connectivity index (χ2v) is 2.89. The van der Waals surface area contributed by atoms with Crippen molar-refractivity contribution in [1.29, 1.82) is 0 Å². The maximum absolute atomic E-state index is 10.7. The highest BCUT2D eigenvalue weighted by molar-refractivity contribution is 5.69. The number of hydrogen-bond donors (Lipinski definition) is 1. The van der Waals surface area contributed by atoms with E-state index in [0.29, 0.717) is 19.5 Å². The molecule has 0 aliphatic carbocycles. The molecule has 6 heteroatoms. The minimum atomic E-state index is -0.211. The molecule has 1 heterocycles. The van der Waals surface area contributed by atoms with Gasteiger partial charge in [-0.3, -0.25) is 9.48 Å². The number of methoxy groups -OCH3 is 1. The molecule has 78 valence electrons. The van der Waals surface area contributed by atoms with Gasteiger partial charge in [-0.25, -0.2) is 0 Å². The van der Waals surface area contributed by atoms with Crippen molar-refractivity contribution in [2.75, 3.05) is 13.7 Å². The topological polar surface area (TPSA) is 69.0 Å². The smallest absolute Gasteiger partial charge is 0.306 e. The molecule has 1 N–H and O–H groups in total. The number of rotatable bonds is 5. The predicted molar refractivity (Wildman–Crippen MR) is 49.3 cm³/mol. The molecular formula is C8H14N4O2. The van der Waals surface area contributed by atoms with Gasteiger partial charge < -0.3 is 10.1 Å². The molecule has 0 saturated carbocycles. The number of nitrogens with one attached hydrogen (secondary N) is 1. The standard InChI is InChI=1S/C8H14N4O2/c1-12-6-7(10-11-12)5-9-4-3-8(13)14-2/h6,9H,3-5H2,1-2H3. The van der Waals surface area contributed by atoms with Crippen molar-refractivity contribution in [1.82, 2.24) is 20.3 Å². The first-order valence-electron chi connectivity index (χ1n) is 4.35. The average molecular weight is 198 g/mol. The lowest BCUT2D eigenvalue weighted by Crippen LogP contribution is -2.18. The van der Waals surface area contributed by atoms with Crippen LogP contribution in [0.1, 0.15) is 12.1 Å². The van der Waals surface area contributed by atoms with E-state index in [2.05, 4.69) is 20.4 Å². The molecule has 0 radical (unpaired) electrons. The first-order valence-corrected chi connectivity index (χ1v) is 4.35. The highest BCUT2D eigenvalue weighted by atomic mass is 16.5. The lowest BCUT2D eigenvalue weighted by Gasteiger charge is -2.00. The maximum atomic E-state index is 10.7. The van der Waals surface area contributed by atoms with Crippen LogP contribution in [0, 0.1) is 0 Å². The number of carbonyl (C=O) groups excluding carboxylic acids is 1. The van der Waals surface area contributed by atoms with Crippen molar-refractivity contribution in [2.24, 2.45) is 7.05 Å². The van der Waals surface area contributed by atoms with E-state index in [1.54, 1.807) is 4.68 Å². The van der Waals surface area contributed by atoms with Crippen LogP contribution < -0.4 is 5.32 Å². The fourth-order valence-corrected chi connectivity index (χ4v) is 0.985. The van der Waals surface area contributed by atoms with Gasteiger partial charge in [0.15, 0.2) is 0 Å². The van der Waals surface area contributed by atoms with E-state index in [0.717, 1.165) is 5.69 Å². The molecule has 1 rings (SSSR count). The lowest BCUT2D eigenvalue weighted by molar-refractivity contribution is -0.140. The number of ether oxygens (including phenoxy) is 1. The summed E-state index contributed by atoms with van der Waals surface area (Å²) >= 11 is 0. The number of aromatic nitrogens is 3.